The van der Waals surface area contributed by atoms with Gasteiger partial charge in [0.25, 0.3) is 0 Å². The molecular weight excluding hydrogens is 297 g/mol. The average Bonchev–Trinajstić information content (AvgIpc) is 2.91. The van der Waals surface area contributed by atoms with Crippen molar-refractivity contribution in [3.05, 3.63) is 52.5 Å². The number of aliphatic imine (C=N–C) groups is 1. The highest BCUT2D eigenvalue weighted by atomic mass is 35.5. The number of rotatable bonds is 6. The highest BCUT2D eigenvalue weighted by molar-refractivity contribution is 6.37. The van der Waals surface area contributed by atoms with Crippen molar-refractivity contribution < 1.29 is 5.11 Å². The molecule has 1 aromatic heterocycles. The van der Waals surface area contributed by atoms with Crippen molar-refractivity contribution in [2.24, 2.45) is 4.99 Å². The van der Waals surface area contributed by atoms with Gasteiger partial charge in [-0.2, -0.15) is 0 Å². The van der Waals surface area contributed by atoms with Crippen LogP contribution in [0.5, 0.6) is 0 Å². The SMILES string of the molecule is OCCCN=C(Cn1ccnc1)c1ccc(Cl)cc1Cl. The lowest BCUT2D eigenvalue weighted by Gasteiger charge is -2.10. The highest BCUT2D eigenvalue weighted by Gasteiger charge is 2.09. The van der Waals surface area contributed by atoms with Gasteiger partial charge in [0.2, 0.25) is 0 Å². The monoisotopic (exact) mass is 311 g/mol. The number of aromatic nitrogens is 2. The second-order valence-electron chi connectivity index (χ2n) is 4.26. The predicted molar refractivity (Wildman–Crippen MR) is 81.8 cm³/mol. The lowest BCUT2D eigenvalue weighted by Crippen LogP contribution is -2.12. The maximum Gasteiger partial charge on any atom is 0.0949 e. The Morgan fingerprint density at radius 3 is 2.85 bits per heavy atom. The van der Waals surface area contributed by atoms with Gasteiger partial charge in [-0.15, -0.1) is 0 Å². The molecule has 6 heteroatoms. The summed E-state index contributed by atoms with van der Waals surface area (Å²) in [6, 6.07) is 5.35. The van der Waals surface area contributed by atoms with Crippen molar-refractivity contribution in [2.45, 2.75) is 13.0 Å². The van der Waals surface area contributed by atoms with Crippen molar-refractivity contribution in [3.8, 4) is 0 Å². The van der Waals surface area contributed by atoms with Gasteiger partial charge in [-0.25, -0.2) is 4.98 Å². The molecule has 0 spiro atoms. The molecule has 2 rings (SSSR count). The summed E-state index contributed by atoms with van der Waals surface area (Å²) in [7, 11) is 0. The summed E-state index contributed by atoms with van der Waals surface area (Å²) in [4.78, 5) is 8.55. The highest BCUT2D eigenvalue weighted by Crippen LogP contribution is 2.22. The minimum absolute atomic E-state index is 0.121. The van der Waals surface area contributed by atoms with E-state index in [1.165, 1.54) is 0 Å². The molecule has 1 aromatic carbocycles. The van der Waals surface area contributed by atoms with Crippen LogP contribution in [0.15, 0.2) is 41.9 Å². The molecule has 0 bridgehead atoms. The van der Waals surface area contributed by atoms with Crippen molar-refractivity contribution >= 4 is 28.9 Å². The Bertz CT molecular complexity index is 582. The molecule has 4 nitrogen and oxygen atoms in total. The van der Waals surface area contributed by atoms with Crippen LogP contribution in [0, 0.1) is 0 Å². The number of benzene rings is 1. The molecule has 2 aromatic rings. The van der Waals surface area contributed by atoms with Gasteiger partial charge in [0.1, 0.15) is 0 Å². The van der Waals surface area contributed by atoms with E-state index in [4.69, 9.17) is 28.3 Å². The van der Waals surface area contributed by atoms with Crippen molar-refractivity contribution in [1.82, 2.24) is 9.55 Å². The summed E-state index contributed by atoms with van der Waals surface area (Å²) in [5, 5.41) is 10.0. The van der Waals surface area contributed by atoms with Gasteiger partial charge in [-0.3, -0.25) is 4.99 Å². The van der Waals surface area contributed by atoms with E-state index < -0.39 is 0 Å². The molecule has 0 unspecified atom stereocenters. The number of hydrogen-bond donors (Lipinski definition) is 1. The zero-order valence-electron chi connectivity index (χ0n) is 10.8. The zero-order chi connectivity index (χ0) is 14.4. The Balaban J connectivity index is 2.27. The van der Waals surface area contributed by atoms with Gasteiger partial charge >= 0.3 is 0 Å². The first-order valence-electron chi connectivity index (χ1n) is 6.26. The first-order valence-corrected chi connectivity index (χ1v) is 7.01. The molecular formula is C14H15Cl2N3O. The predicted octanol–water partition coefficient (Wildman–Crippen LogP) is 3.06. The van der Waals surface area contributed by atoms with E-state index in [-0.39, 0.29) is 6.61 Å². The number of halogens is 2. The summed E-state index contributed by atoms with van der Waals surface area (Å²) >= 11 is 12.2. The van der Waals surface area contributed by atoms with E-state index in [0.29, 0.717) is 29.6 Å². The lowest BCUT2D eigenvalue weighted by molar-refractivity contribution is 0.291. The van der Waals surface area contributed by atoms with E-state index in [2.05, 4.69) is 9.98 Å². The van der Waals surface area contributed by atoms with Crippen LogP contribution in [-0.2, 0) is 6.54 Å². The smallest absolute Gasteiger partial charge is 0.0949 e. The maximum absolute atomic E-state index is 8.87. The van der Waals surface area contributed by atoms with Crippen LogP contribution in [0.25, 0.3) is 0 Å². The first-order chi connectivity index (χ1) is 9.70. The van der Waals surface area contributed by atoms with Gasteiger partial charge in [-0.1, -0.05) is 29.3 Å². The minimum Gasteiger partial charge on any atom is -0.396 e. The summed E-state index contributed by atoms with van der Waals surface area (Å²) in [6.45, 7) is 1.25. The van der Waals surface area contributed by atoms with E-state index in [1.54, 1.807) is 24.7 Å². The molecule has 0 aliphatic heterocycles. The molecule has 20 heavy (non-hydrogen) atoms. The van der Waals surface area contributed by atoms with Gasteiger partial charge in [-0.05, 0) is 18.6 Å². The molecule has 0 amide bonds. The van der Waals surface area contributed by atoms with E-state index in [1.807, 2.05) is 16.8 Å². The van der Waals surface area contributed by atoms with Gasteiger partial charge in [0.15, 0.2) is 0 Å². The van der Waals surface area contributed by atoms with Crippen LogP contribution < -0.4 is 0 Å². The summed E-state index contributed by atoms with van der Waals surface area (Å²) in [5.41, 5.74) is 1.70. The molecule has 0 saturated carbocycles. The van der Waals surface area contributed by atoms with Crippen LogP contribution >= 0.6 is 23.2 Å². The second kappa shape index (κ2) is 7.43. The number of aliphatic hydroxyl groups is 1. The topological polar surface area (TPSA) is 50.4 Å². The standard InChI is InChI=1S/C14H15Cl2N3O/c15-11-2-3-12(13(16)8-11)14(18-4-1-7-20)9-19-6-5-17-10-19/h2-3,5-6,8,10,20H,1,4,7,9H2. The quantitative estimate of drug-likeness (QED) is 0.658. The summed E-state index contributed by atoms with van der Waals surface area (Å²) < 4.78 is 1.92. The molecule has 1 N–H and O–H groups in total. The molecule has 0 fully saturated rings. The second-order valence-corrected chi connectivity index (χ2v) is 5.11. The number of hydrogen-bond acceptors (Lipinski definition) is 3. The van der Waals surface area contributed by atoms with Crippen molar-refractivity contribution in [1.29, 1.82) is 0 Å². The molecule has 0 aliphatic carbocycles. The Morgan fingerprint density at radius 2 is 2.20 bits per heavy atom. The van der Waals surface area contributed by atoms with Crippen LogP contribution in [0.2, 0.25) is 10.0 Å². The first kappa shape index (κ1) is 15.0. The third-order valence-electron chi connectivity index (χ3n) is 2.75. The zero-order valence-corrected chi connectivity index (χ0v) is 12.3. The molecule has 0 atom stereocenters. The van der Waals surface area contributed by atoms with Gasteiger partial charge in [0, 0.05) is 36.1 Å². The molecule has 0 saturated heterocycles. The average molecular weight is 312 g/mol. The fourth-order valence-corrected chi connectivity index (χ4v) is 2.30. The largest absolute Gasteiger partial charge is 0.396 e. The number of aliphatic hydroxyl groups excluding tert-OH is 1. The molecule has 0 aliphatic rings. The van der Waals surface area contributed by atoms with Crippen LogP contribution in [0.1, 0.15) is 12.0 Å². The van der Waals surface area contributed by atoms with E-state index in [0.717, 1.165) is 11.3 Å². The third-order valence-corrected chi connectivity index (χ3v) is 3.30. The third kappa shape index (κ3) is 4.07. The lowest BCUT2D eigenvalue weighted by atomic mass is 10.1. The van der Waals surface area contributed by atoms with Crippen molar-refractivity contribution in [3.63, 3.8) is 0 Å². The van der Waals surface area contributed by atoms with Crippen molar-refractivity contribution in [2.75, 3.05) is 13.2 Å². The molecule has 1 heterocycles. The Morgan fingerprint density at radius 1 is 1.35 bits per heavy atom. The normalized spacial score (nSPS) is 11.8. The Kier molecular flexibility index (Phi) is 5.59. The minimum atomic E-state index is 0.121. The van der Waals surface area contributed by atoms with Crippen LogP contribution in [0.3, 0.4) is 0 Å². The molecule has 0 radical (unpaired) electrons. The van der Waals surface area contributed by atoms with E-state index in [9.17, 15) is 0 Å². The molecule has 106 valence electrons. The summed E-state index contributed by atoms with van der Waals surface area (Å²) in [5.74, 6) is 0. The number of imidazole rings is 1. The van der Waals surface area contributed by atoms with E-state index >= 15 is 0 Å². The Hall–Kier alpha value is -1.36. The van der Waals surface area contributed by atoms with Crippen LogP contribution in [-0.4, -0.2) is 33.5 Å². The Labute approximate surface area is 127 Å². The summed E-state index contributed by atoms with van der Waals surface area (Å²) in [6.07, 6.45) is 5.93. The van der Waals surface area contributed by atoms with Gasteiger partial charge in [0.05, 0.1) is 23.6 Å². The van der Waals surface area contributed by atoms with Gasteiger partial charge < -0.3 is 9.67 Å². The fourth-order valence-electron chi connectivity index (χ4n) is 1.78. The van der Waals surface area contributed by atoms with Crippen LogP contribution in [0.4, 0.5) is 0 Å². The number of nitrogens with zero attached hydrogens (tertiary/aromatic N) is 3. The fraction of sp³-hybridized carbons (Fsp3) is 0.286. The maximum atomic E-state index is 8.87.